The molecule has 0 spiro atoms. The summed E-state index contributed by atoms with van der Waals surface area (Å²) in [6, 6.07) is 0. The van der Waals surface area contributed by atoms with Gasteiger partial charge in [0.1, 0.15) is 0 Å². The fraction of sp³-hybridized carbons (Fsp3) is 1.00. The van der Waals surface area contributed by atoms with Crippen LogP contribution in [0.4, 0.5) is 13.2 Å². The lowest BCUT2D eigenvalue weighted by atomic mass is 10.5. The first kappa shape index (κ1) is 11.7. The summed E-state index contributed by atoms with van der Waals surface area (Å²) in [5, 5.41) is 0. The highest BCUT2D eigenvalue weighted by Crippen LogP contribution is 2.14. The number of rotatable bonds is 7. The molecule has 0 aromatic carbocycles. The van der Waals surface area contributed by atoms with Gasteiger partial charge in [-0.15, -0.1) is 0 Å². The first-order valence-corrected chi connectivity index (χ1v) is 3.78. The van der Waals surface area contributed by atoms with Crippen molar-refractivity contribution in [2.75, 3.05) is 26.5 Å². The van der Waals surface area contributed by atoms with Crippen LogP contribution in [0.15, 0.2) is 0 Å². The van der Waals surface area contributed by atoms with Gasteiger partial charge in [-0.25, -0.2) is 4.39 Å². The predicted octanol–water partition coefficient (Wildman–Crippen LogP) is 1.99. The monoisotopic (exact) mass is 186 g/mol. The van der Waals surface area contributed by atoms with Crippen molar-refractivity contribution in [2.45, 2.75) is 19.5 Å². The lowest BCUT2D eigenvalue weighted by Gasteiger charge is -2.12. The van der Waals surface area contributed by atoms with Crippen molar-refractivity contribution in [3.63, 3.8) is 0 Å². The van der Waals surface area contributed by atoms with Gasteiger partial charge in [0.25, 0.3) is 0 Å². The molecule has 0 aliphatic carbocycles. The number of alkyl halides is 3. The molecule has 5 heteroatoms. The molecule has 0 bridgehead atoms. The molecule has 74 valence electrons. The Hall–Kier alpha value is -0.290. The van der Waals surface area contributed by atoms with Crippen LogP contribution < -0.4 is 0 Å². The summed E-state index contributed by atoms with van der Waals surface area (Å²) >= 11 is 0. The minimum absolute atomic E-state index is 0.0728. The van der Waals surface area contributed by atoms with Crippen LogP contribution in [-0.4, -0.2) is 32.6 Å². The van der Waals surface area contributed by atoms with Gasteiger partial charge in [0.15, 0.2) is 6.67 Å². The van der Waals surface area contributed by atoms with E-state index < -0.39 is 12.8 Å². The van der Waals surface area contributed by atoms with E-state index in [2.05, 4.69) is 4.74 Å². The molecule has 0 rings (SSSR count). The fourth-order valence-corrected chi connectivity index (χ4v) is 0.535. The molecular formula is C7H13F3O2. The van der Waals surface area contributed by atoms with Gasteiger partial charge in [0.05, 0.1) is 13.2 Å². The maximum Gasteiger partial charge on any atom is 0.384 e. The second-order valence-corrected chi connectivity index (χ2v) is 2.23. The van der Waals surface area contributed by atoms with Crippen LogP contribution in [-0.2, 0) is 9.47 Å². The van der Waals surface area contributed by atoms with Gasteiger partial charge in [-0.3, -0.25) is 0 Å². The Balaban J connectivity index is 3.19. The number of ether oxygens (including phenoxy) is 2. The molecule has 0 aliphatic heterocycles. The maximum atomic E-state index is 12.0. The Morgan fingerprint density at radius 1 is 1.17 bits per heavy atom. The van der Waals surface area contributed by atoms with Crippen LogP contribution in [0.1, 0.15) is 13.3 Å². The zero-order chi connectivity index (χ0) is 9.45. The van der Waals surface area contributed by atoms with Crippen LogP contribution in [0.3, 0.4) is 0 Å². The second-order valence-electron chi connectivity index (χ2n) is 2.23. The molecule has 0 atom stereocenters. The quantitative estimate of drug-likeness (QED) is 0.566. The van der Waals surface area contributed by atoms with Gasteiger partial charge in [0.2, 0.25) is 0 Å². The van der Waals surface area contributed by atoms with Gasteiger partial charge in [-0.05, 0) is 6.42 Å². The topological polar surface area (TPSA) is 18.5 Å². The largest absolute Gasteiger partial charge is 0.384 e. The third-order valence-electron chi connectivity index (χ3n) is 1.04. The molecule has 0 aromatic heterocycles. The molecule has 0 saturated heterocycles. The van der Waals surface area contributed by atoms with Crippen molar-refractivity contribution in [2.24, 2.45) is 0 Å². The number of halogens is 3. The summed E-state index contributed by atoms with van der Waals surface area (Å²) in [6.07, 6.45) is -2.84. The van der Waals surface area contributed by atoms with Crippen molar-refractivity contribution in [1.82, 2.24) is 0 Å². The van der Waals surface area contributed by atoms with E-state index in [0.717, 1.165) is 6.42 Å². The molecule has 0 aliphatic rings. The van der Waals surface area contributed by atoms with Crippen LogP contribution in [0.25, 0.3) is 0 Å². The smallest absolute Gasteiger partial charge is 0.379 e. The van der Waals surface area contributed by atoms with E-state index in [1.165, 1.54) is 0 Å². The first-order chi connectivity index (χ1) is 5.62. The highest BCUT2D eigenvalue weighted by molar-refractivity contribution is 4.47. The lowest BCUT2D eigenvalue weighted by Crippen LogP contribution is -2.25. The number of hydrogen-bond acceptors (Lipinski definition) is 2. The predicted molar refractivity (Wildman–Crippen MR) is 38.0 cm³/mol. The molecular weight excluding hydrogens is 173 g/mol. The van der Waals surface area contributed by atoms with E-state index in [1.54, 1.807) is 0 Å². The highest BCUT2D eigenvalue weighted by atomic mass is 19.3. The Morgan fingerprint density at radius 3 is 2.33 bits per heavy atom. The van der Waals surface area contributed by atoms with Crippen molar-refractivity contribution >= 4 is 0 Å². The van der Waals surface area contributed by atoms with Crippen molar-refractivity contribution in [3.05, 3.63) is 0 Å². The van der Waals surface area contributed by atoms with E-state index in [9.17, 15) is 13.2 Å². The minimum Gasteiger partial charge on any atom is -0.379 e. The Labute approximate surface area is 69.7 Å². The summed E-state index contributed by atoms with van der Waals surface area (Å²) in [5.74, 6) is 0. The van der Waals surface area contributed by atoms with Crippen molar-refractivity contribution in [3.8, 4) is 0 Å². The third-order valence-corrected chi connectivity index (χ3v) is 1.04. The van der Waals surface area contributed by atoms with Crippen molar-refractivity contribution in [1.29, 1.82) is 0 Å². The molecule has 0 saturated carbocycles. The van der Waals surface area contributed by atoms with E-state index >= 15 is 0 Å². The average molecular weight is 186 g/mol. The Bertz CT molecular complexity index is 109. The van der Waals surface area contributed by atoms with Crippen LogP contribution in [0, 0.1) is 0 Å². The van der Waals surface area contributed by atoms with Crippen LogP contribution in [0.2, 0.25) is 0 Å². The molecule has 0 heterocycles. The van der Waals surface area contributed by atoms with Crippen molar-refractivity contribution < 1.29 is 22.6 Å². The lowest BCUT2D eigenvalue weighted by molar-refractivity contribution is -0.250. The summed E-state index contributed by atoms with van der Waals surface area (Å²) in [4.78, 5) is 0. The summed E-state index contributed by atoms with van der Waals surface area (Å²) in [6.45, 7) is 0.405. The van der Waals surface area contributed by atoms with E-state index in [0.29, 0.717) is 6.61 Å². The summed E-state index contributed by atoms with van der Waals surface area (Å²) in [5.41, 5.74) is 0. The van der Waals surface area contributed by atoms with Gasteiger partial charge in [0, 0.05) is 6.61 Å². The van der Waals surface area contributed by atoms with Gasteiger partial charge < -0.3 is 9.47 Å². The van der Waals surface area contributed by atoms with E-state index in [1.807, 2.05) is 6.92 Å². The normalized spacial score (nSPS) is 12.0. The molecule has 12 heavy (non-hydrogen) atoms. The van der Waals surface area contributed by atoms with Gasteiger partial charge in [-0.1, -0.05) is 6.92 Å². The van der Waals surface area contributed by atoms with Gasteiger partial charge >= 0.3 is 6.11 Å². The first-order valence-electron chi connectivity index (χ1n) is 3.78. The standard InChI is InChI=1S/C7H13F3O2/c1-2-3-11-4-5-12-7(9,10)6-8/h2-6H2,1H3. The Morgan fingerprint density at radius 2 is 1.83 bits per heavy atom. The fourth-order valence-electron chi connectivity index (χ4n) is 0.535. The summed E-state index contributed by atoms with van der Waals surface area (Å²) < 4.78 is 44.2. The molecule has 0 unspecified atom stereocenters. The highest BCUT2D eigenvalue weighted by Gasteiger charge is 2.29. The maximum absolute atomic E-state index is 12.0. The van der Waals surface area contributed by atoms with Crippen LogP contribution >= 0.6 is 0 Å². The minimum atomic E-state index is -3.66. The van der Waals surface area contributed by atoms with Gasteiger partial charge in [-0.2, -0.15) is 8.78 Å². The Kier molecular flexibility index (Phi) is 6.10. The van der Waals surface area contributed by atoms with Crippen LogP contribution in [0.5, 0.6) is 0 Å². The SMILES string of the molecule is CCCOCCOC(F)(F)CF. The molecule has 2 nitrogen and oxygen atoms in total. The number of hydrogen-bond donors (Lipinski definition) is 0. The zero-order valence-electron chi connectivity index (χ0n) is 6.99. The zero-order valence-corrected chi connectivity index (χ0v) is 6.99. The van der Waals surface area contributed by atoms with E-state index in [-0.39, 0.29) is 13.2 Å². The molecule has 0 fully saturated rings. The molecule has 0 N–H and O–H groups in total. The molecule has 0 aromatic rings. The second kappa shape index (κ2) is 6.25. The molecule has 0 radical (unpaired) electrons. The average Bonchev–Trinajstić information content (AvgIpc) is 2.04. The van der Waals surface area contributed by atoms with E-state index in [4.69, 9.17) is 4.74 Å². The third kappa shape index (κ3) is 6.42. The summed E-state index contributed by atoms with van der Waals surface area (Å²) in [7, 11) is 0. The molecule has 0 amide bonds.